The molecule has 0 bridgehead atoms. The number of Topliss-reactive ketones (excluding diaryl/α,β-unsaturated/α-hetero) is 2. The Morgan fingerprint density at radius 1 is 1.71 bits per heavy atom. The fourth-order valence-electron chi connectivity index (χ4n) is 1.79. The van der Waals surface area contributed by atoms with E-state index < -0.39 is 12.0 Å². The molecule has 1 rings (SSSR count). The van der Waals surface area contributed by atoms with E-state index in [1.54, 1.807) is 19.1 Å². The Labute approximate surface area is 83.8 Å². The van der Waals surface area contributed by atoms with Gasteiger partial charge in [0.25, 0.3) is 0 Å². The first-order valence-electron chi connectivity index (χ1n) is 5.01. The Bertz CT molecular complexity index is 255. The first kappa shape index (κ1) is 11.1. The fourth-order valence-corrected chi connectivity index (χ4v) is 1.79. The van der Waals surface area contributed by atoms with Crippen molar-refractivity contribution in [3.8, 4) is 0 Å². The normalized spacial score (nSPS) is 24.4. The minimum atomic E-state index is -0.735. The minimum Gasteiger partial charge on any atom is -0.389 e. The lowest BCUT2D eigenvalue weighted by Crippen LogP contribution is -2.22. The van der Waals surface area contributed by atoms with Crippen LogP contribution in [0.4, 0.5) is 0 Å². The van der Waals surface area contributed by atoms with Crippen molar-refractivity contribution in [3.05, 3.63) is 12.2 Å². The van der Waals surface area contributed by atoms with Crippen LogP contribution in [0.25, 0.3) is 0 Å². The Balaban J connectivity index is 2.45. The summed E-state index contributed by atoms with van der Waals surface area (Å²) in [5.74, 6) is -0.504. The summed E-state index contributed by atoms with van der Waals surface area (Å²) in [7, 11) is 0. The summed E-state index contributed by atoms with van der Waals surface area (Å²) in [6, 6.07) is 0. The van der Waals surface area contributed by atoms with Crippen LogP contribution < -0.4 is 0 Å². The molecule has 0 radical (unpaired) electrons. The van der Waals surface area contributed by atoms with Gasteiger partial charge in [0, 0.05) is 12.8 Å². The predicted octanol–water partition coefficient (Wildman–Crippen LogP) is 1.25. The molecule has 3 heteroatoms. The monoisotopic (exact) mass is 196 g/mol. The van der Waals surface area contributed by atoms with Crippen LogP contribution in [0.5, 0.6) is 0 Å². The second kappa shape index (κ2) is 5.05. The minimum absolute atomic E-state index is 0.0441. The van der Waals surface area contributed by atoms with E-state index in [1.165, 1.54) is 0 Å². The summed E-state index contributed by atoms with van der Waals surface area (Å²) in [6.45, 7) is 1.79. The second-order valence-corrected chi connectivity index (χ2v) is 3.67. The van der Waals surface area contributed by atoms with Crippen LogP contribution in [-0.2, 0) is 9.59 Å². The Morgan fingerprint density at radius 2 is 2.43 bits per heavy atom. The van der Waals surface area contributed by atoms with Gasteiger partial charge >= 0.3 is 0 Å². The third-order valence-corrected chi connectivity index (χ3v) is 2.52. The van der Waals surface area contributed by atoms with Crippen molar-refractivity contribution in [2.45, 2.75) is 38.7 Å². The average Bonchev–Trinajstić information content (AvgIpc) is 2.51. The van der Waals surface area contributed by atoms with Crippen LogP contribution in [0.2, 0.25) is 0 Å². The topological polar surface area (TPSA) is 54.4 Å². The van der Waals surface area contributed by atoms with Crippen molar-refractivity contribution in [1.29, 1.82) is 0 Å². The molecule has 0 aromatic rings. The molecule has 1 aliphatic rings. The van der Waals surface area contributed by atoms with Gasteiger partial charge < -0.3 is 5.11 Å². The molecule has 2 atom stereocenters. The highest BCUT2D eigenvalue weighted by molar-refractivity contribution is 6.03. The van der Waals surface area contributed by atoms with Gasteiger partial charge in [0.1, 0.15) is 11.6 Å². The lowest BCUT2D eigenvalue weighted by molar-refractivity contribution is -0.131. The molecule has 0 amide bonds. The summed E-state index contributed by atoms with van der Waals surface area (Å²) in [4.78, 5) is 22.8. The number of hydrogen-bond donors (Lipinski definition) is 1. The molecular weight excluding hydrogens is 180 g/mol. The van der Waals surface area contributed by atoms with Crippen LogP contribution >= 0.6 is 0 Å². The van der Waals surface area contributed by atoms with E-state index in [4.69, 9.17) is 0 Å². The molecule has 1 unspecified atom stereocenters. The van der Waals surface area contributed by atoms with E-state index in [2.05, 4.69) is 0 Å². The van der Waals surface area contributed by atoms with Gasteiger partial charge in [-0.3, -0.25) is 9.59 Å². The maximum Gasteiger partial charge on any atom is 0.146 e. The first-order chi connectivity index (χ1) is 6.65. The number of hydrogen-bond acceptors (Lipinski definition) is 3. The molecule has 0 aromatic carbocycles. The fraction of sp³-hybridized carbons (Fsp3) is 0.636. The van der Waals surface area contributed by atoms with E-state index in [0.29, 0.717) is 12.8 Å². The van der Waals surface area contributed by atoms with Gasteiger partial charge in [0.15, 0.2) is 0 Å². The molecule has 0 aromatic heterocycles. The summed E-state index contributed by atoms with van der Waals surface area (Å²) >= 11 is 0. The molecule has 78 valence electrons. The number of aliphatic hydroxyl groups is 1. The van der Waals surface area contributed by atoms with E-state index in [1.807, 2.05) is 0 Å². The van der Waals surface area contributed by atoms with Crippen molar-refractivity contribution in [1.82, 2.24) is 0 Å². The van der Waals surface area contributed by atoms with Crippen LogP contribution in [0.3, 0.4) is 0 Å². The van der Waals surface area contributed by atoms with Crippen LogP contribution in [-0.4, -0.2) is 22.8 Å². The van der Waals surface area contributed by atoms with Gasteiger partial charge in [0.05, 0.1) is 12.0 Å². The van der Waals surface area contributed by atoms with E-state index in [0.717, 1.165) is 6.42 Å². The van der Waals surface area contributed by atoms with Gasteiger partial charge in [-0.1, -0.05) is 12.2 Å². The Hall–Kier alpha value is -0.960. The van der Waals surface area contributed by atoms with Gasteiger partial charge in [-0.25, -0.2) is 0 Å². The van der Waals surface area contributed by atoms with Crippen LogP contribution in [0.15, 0.2) is 12.2 Å². The first-order valence-corrected chi connectivity index (χ1v) is 5.01. The third-order valence-electron chi connectivity index (χ3n) is 2.52. The molecule has 0 aliphatic heterocycles. The SMILES string of the molecule is C/C=C/[C@H](O)CC(=O)C1CCCC1=O. The van der Waals surface area contributed by atoms with E-state index >= 15 is 0 Å². The molecule has 0 spiro atoms. The van der Waals surface area contributed by atoms with Crippen molar-refractivity contribution in [3.63, 3.8) is 0 Å². The summed E-state index contributed by atoms with van der Waals surface area (Å²) < 4.78 is 0. The maximum atomic E-state index is 11.5. The number of allylic oxidation sites excluding steroid dienone is 1. The molecule has 1 saturated carbocycles. The molecule has 14 heavy (non-hydrogen) atoms. The number of aliphatic hydroxyl groups excluding tert-OH is 1. The standard InChI is InChI=1S/C11H16O3/c1-2-4-8(12)7-11(14)9-5-3-6-10(9)13/h2,4,8-9,12H,3,5-7H2,1H3/b4-2+/t8-,9?/m0/s1. The molecular formula is C11H16O3. The molecule has 1 N–H and O–H groups in total. The predicted molar refractivity (Wildman–Crippen MR) is 52.8 cm³/mol. The second-order valence-electron chi connectivity index (χ2n) is 3.67. The number of carbonyl (C=O) groups is 2. The lowest BCUT2D eigenvalue weighted by atomic mass is 9.97. The van der Waals surface area contributed by atoms with Crippen LogP contribution in [0, 0.1) is 5.92 Å². The van der Waals surface area contributed by atoms with Crippen molar-refractivity contribution in [2.24, 2.45) is 5.92 Å². The van der Waals surface area contributed by atoms with E-state index in [9.17, 15) is 14.7 Å². The number of rotatable bonds is 4. The quantitative estimate of drug-likeness (QED) is 0.544. The highest BCUT2D eigenvalue weighted by Crippen LogP contribution is 2.23. The van der Waals surface area contributed by atoms with Gasteiger partial charge in [0.2, 0.25) is 0 Å². The number of carbonyl (C=O) groups excluding carboxylic acids is 2. The van der Waals surface area contributed by atoms with Gasteiger partial charge in [-0.05, 0) is 19.8 Å². The lowest BCUT2D eigenvalue weighted by Gasteiger charge is -2.08. The molecule has 0 heterocycles. The van der Waals surface area contributed by atoms with Gasteiger partial charge in [-0.15, -0.1) is 0 Å². The maximum absolute atomic E-state index is 11.5. The summed E-state index contributed by atoms with van der Waals surface area (Å²) in [5.41, 5.74) is 0. The number of ketones is 2. The zero-order valence-corrected chi connectivity index (χ0v) is 8.40. The molecule has 1 fully saturated rings. The zero-order chi connectivity index (χ0) is 10.6. The smallest absolute Gasteiger partial charge is 0.146 e. The molecule has 0 saturated heterocycles. The van der Waals surface area contributed by atoms with Crippen molar-refractivity contribution in [2.75, 3.05) is 0 Å². The largest absolute Gasteiger partial charge is 0.389 e. The van der Waals surface area contributed by atoms with Crippen LogP contribution in [0.1, 0.15) is 32.6 Å². The van der Waals surface area contributed by atoms with Crippen molar-refractivity contribution >= 4 is 11.6 Å². The van der Waals surface area contributed by atoms with Gasteiger partial charge in [-0.2, -0.15) is 0 Å². The summed E-state index contributed by atoms with van der Waals surface area (Å²) in [6.07, 6.45) is 4.61. The Morgan fingerprint density at radius 3 is 2.93 bits per heavy atom. The van der Waals surface area contributed by atoms with Crippen molar-refractivity contribution < 1.29 is 14.7 Å². The third kappa shape index (κ3) is 2.77. The summed E-state index contributed by atoms with van der Waals surface area (Å²) in [5, 5.41) is 9.35. The molecule has 3 nitrogen and oxygen atoms in total. The average molecular weight is 196 g/mol. The highest BCUT2D eigenvalue weighted by Gasteiger charge is 2.31. The Kier molecular flexibility index (Phi) is 4.01. The zero-order valence-electron chi connectivity index (χ0n) is 8.40. The highest BCUT2D eigenvalue weighted by atomic mass is 16.3. The molecule has 1 aliphatic carbocycles. The van der Waals surface area contributed by atoms with E-state index in [-0.39, 0.29) is 18.0 Å².